The number of aliphatic hydroxyl groups is 1. The van der Waals surface area contributed by atoms with Gasteiger partial charge in [0.2, 0.25) is 0 Å². The number of ether oxygens (including phenoxy) is 1. The lowest BCUT2D eigenvalue weighted by Crippen LogP contribution is -2.56. The van der Waals surface area contributed by atoms with Crippen LogP contribution in [0.15, 0.2) is 30.5 Å². The number of amides is 1. The van der Waals surface area contributed by atoms with Crippen molar-refractivity contribution in [2.75, 3.05) is 26.3 Å². The topological polar surface area (TPSA) is 78.5 Å². The lowest BCUT2D eigenvalue weighted by Gasteiger charge is -2.42. The van der Waals surface area contributed by atoms with Gasteiger partial charge in [-0.2, -0.15) is 5.10 Å². The Balaban J connectivity index is 1.79. The number of hydrogen-bond acceptors (Lipinski definition) is 4. The van der Waals surface area contributed by atoms with Crippen molar-refractivity contribution < 1.29 is 14.6 Å². The third kappa shape index (κ3) is 3.75. The molecule has 1 aromatic heterocycles. The van der Waals surface area contributed by atoms with Crippen molar-refractivity contribution in [2.45, 2.75) is 32.3 Å². The van der Waals surface area contributed by atoms with Crippen LogP contribution in [0.1, 0.15) is 34.1 Å². The summed E-state index contributed by atoms with van der Waals surface area (Å²) in [6.45, 7) is 5.19. The molecule has 0 unspecified atom stereocenters. The third-order valence-electron chi connectivity index (χ3n) is 4.73. The van der Waals surface area contributed by atoms with Gasteiger partial charge >= 0.3 is 0 Å². The highest BCUT2D eigenvalue weighted by Gasteiger charge is 2.38. The normalized spacial score (nSPS) is 20.7. The van der Waals surface area contributed by atoms with Crippen molar-refractivity contribution in [1.82, 2.24) is 15.1 Å². The minimum atomic E-state index is -0.766. The molecule has 2 heterocycles. The molecule has 1 aliphatic heterocycles. The van der Waals surface area contributed by atoms with Gasteiger partial charge in [0.1, 0.15) is 5.60 Å². The summed E-state index contributed by atoms with van der Waals surface area (Å²) < 4.78 is 5.95. The van der Waals surface area contributed by atoms with Gasteiger partial charge in [-0.25, -0.2) is 0 Å². The number of aromatic amines is 1. The Labute approximate surface area is 147 Å². The van der Waals surface area contributed by atoms with Gasteiger partial charge in [-0.15, -0.1) is 0 Å². The van der Waals surface area contributed by atoms with Crippen LogP contribution >= 0.6 is 0 Å². The SMILES string of the molecule is CCc1[nH]ncc1C(=O)N1CCO[C@](CO)(Cc2cccc(C)c2)C1. The molecule has 0 spiro atoms. The van der Waals surface area contributed by atoms with Crippen molar-refractivity contribution in [2.24, 2.45) is 0 Å². The Morgan fingerprint density at radius 2 is 2.32 bits per heavy atom. The average Bonchev–Trinajstić information content (AvgIpc) is 3.10. The minimum Gasteiger partial charge on any atom is -0.393 e. The summed E-state index contributed by atoms with van der Waals surface area (Å²) in [6, 6.07) is 8.16. The second-order valence-corrected chi connectivity index (χ2v) is 6.70. The number of nitrogens with one attached hydrogen (secondary N) is 1. The number of H-pyrrole nitrogens is 1. The Bertz CT molecular complexity index is 743. The predicted octanol–water partition coefficient (Wildman–Crippen LogP) is 1.73. The maximum Gasteiger partial charge on any atom is 0.257 e. The maximum atomic E-state index is 12.9. The molecule has 2 aromatic rings. The number of morpholine rings is 1. The van der Waals surface area contributed by atoms with Gasteiger partial charge in [0.05, 0.1) is 31.5 Å². The molecule has 1 saturated heterocycles. The van der Waals surface area contributed by atoms with Gasteiger partial charge in [-0.1, -0.05) is 36.8 Å². The first-order valence-electron chi connectivity index (χ1n) is 8.69. The van der Waals surface area contributed by atoms with Gasteiger partial charge in [0.15, 0.2) is 0 Å². The molecule has 1 atom stereocenters. The van der Waals surface area contributed by atoms with E-state index in [0.717, 1.165) is 17.7 Å². The standard InChI is InChI=1S/C19H25N3O3/c1-3-17-16(11-20-21-17)18(24)22-7-8-25-19(12-22,13-23)10-15-6-4-5-14(2)9-15/h4-6,9,11,23H,3,7-8,10,12-13H2,1-2H3,(H,20,21)/t19-/m1/s1. The van der Waals surface area contributed by atoms with E-state index in [9.17, 15) is 9.90 Å². The number of rotatable bonds is 5. The van der Waals surface area contributed by atoms with Crippen LogP contribution in [-0.2, 0) is 17.6 Å². The van der Waals surface area contributed by atoms with E-state index in [1.54, 1.807) is 11.1 Å². The highest BCUT2D eigenvalue weighted by atomic mass is 16.5. The summed E-state index contributed by atoms with van der Waals surface area (Å²) in [4.78, 5) is 14.6. The smallest absolute Gasteiger partial charge is 0.257 e. The number of aromatic nitrogens is 2. The summed E-state index contributed by atoms with van der Waals surface area (Å²) in [5.41, 5.74) is 2.94. The van der Waals surface area contributed by atoms with E-state index in [0.29, 0.717) is 31.7 Å². The van der Waals surface area contributed by atoms with E-state index in [2.05, 4.69) is 16.3 Å². The molecule has 0 aliphatic carbocycles. The number of carbonyl (C=O) groups excluding carboxylic acids is 1. The molecule has 134 valence electrons. The van der Waals surface area contributed by atoms with Crippen LogP contribution in [-0.4, -0.2) is 58.0 Å². The van der Waals surface area contributed by atoms with E-state index in [4.69, 9.17) is 4.74 Å². The fourth-order valence-corrected chi connectivity index (χ4v) is 3.41. The molecule has 6 heteroatoms. The van der Waals surface area contributed by atoms with Crippen molar-refractivity contribution >= 4 is 5.91 Å². The number of aryl methyl sites for hydroxylation is 2. The number of benzene rings is 1. The molecule has 0 bridgehead atoms. The van der Waals surface area contributed by atoms with Crippen LogP contribution in [0.3, 0.4) is 0 Å². The van der Waals surface area contributed by atoms with Gasteiger partial charge in [-0.05, 0) is 18.9 Å². The van der Waals surface area contributed by atoms with E-state index in [1.165, 1.54) is 5.56 Å². The first kappa shape index (κ1) is 17.6. The van der Waals surface area contributed by atoms with Crippen LogP contribution in [0.2, 0.25) is 0 Å². The zero-order valence-electron chi connectivity index (χ0n) is 14.8. The fourth-order valence-electron chi connectivity index (χ4n) is 3.41. The second kappa shape index (κ2) is 7.37. The lowest BCUT2D eigenvalue weighted by atomic mass is 9.92. The largest absolute Gasteiger partial charge is 0.393 e. The van der Waals surface area contributed by atoms with Gasteiger partial charge in [0, 0.05) is 18.7 Å². The lowest BCUT2D eigenvalue weighted by molar-refractivity contribution is -0.123. The van der Waals surface area contributed by atoms with Crippen molar-refractivity contribution in [3.8, 4) is 0 Å². The Hall–Kier alpha value is -2.18. The first-order valence-corrected chi connectivity index (χ1v) is 8.69. The molecular formula is C19H25N3O3. The number of aliphatic hydroxyl groups excluding tert-OH is 1. The molecule has 25 heavy (non-hydrogen) atoms. The molecule has 1 aromatic carbocycles. The van der Waals surface area contributed by atoms with Crippen molar-refractivity contribution in [1.29, 1.82) is 0 Å². The molecule has 6 nitrogen and oxygen atoms in total. The maximum absolute atomic E-state index is 12.9. The fraction of sp³-hybridized carbons (Fsp3) is 0.474. The molecule has 1 aliphatic rings. The van der Waals surface area contributed by atoms with E-state index in [-0.39, 0.29) is 12.5 Å². The molecule has 1 fully saturated rings. The van der Waals surface area contributed by atoms with Crippen LogP contribution in [0.4, 0.5) is 0 Å². The molecule has 2 N–H and O–H groups in total. The summed E-state index contributed by atoms with van der Waals surface area (Å²) in [6.07, 6.45) is 2.87. The van der Waals surface area contributed by atoms with Gasteiger partial charge < -0.3 is 14.7 Å². The first-order chi connectivity index (χ1) is 12.1. The third-order valence-corrected chi connectivity index (χ3v) is 4.73. The molecular weight excluding hydrogens is 318 g/mol. The number of carbonyl (C=O) groups is 1. The summed E-state index contributed by atoms with van der Waals surface area (Å²) in [7, 11) is 0. The van der Waals surface area contributed by atoms with Crippen LogP contribution in [0.25, 0.3) is 0 Å². The molecule has 0 radical (unpaired) electrons. The Kier molecular flexibility index (Phi) is 5.20. The zero-order valence-corrected chi connectivity index (χ0v) is 14.8. The zero-order chi connectivity index (χ0) is 17.9. The molecule has 3 rings (SSSR count). The quantitative estimate of drug-likeness (QED) is 0.867. The van der Waals surface area contributed by atoms with Gasteiger partial charge in [-0.3, -0.25) is 9.89 Å². The summed E-state index contributed by atoms with van der Waals surface area (Å²) in [5, 5.41) is 16.9. The van der Waals surface area contributed by atoms with Crippen molar-refractivity contribution in [3.05, 3.63) is 52.8 Å². The highest BCUT2D eigenvalue weighted by molar-refractivity contribution is 5.95. The van der Waals surface area contributed by atoms with E-state index in [1.807, 2.05) is 32.0 Å². The summed E-state index contributed by atoms with van der Waals surface area (Å²) >= 11 is 0. The Morgan fingerprint density at radius 3 is 3.04 bits per heavy atom. The predicted molar refractivity (Wildman–Crippen MR) is 94.5 cm³/mol. The monoisotopic (exact) mass is 343 g/mol. The van der Waals surface area contributed by atoms with Crippen LogP contribution in [0.5, 0.6) is 0 Å². The number of nitrogens with zero attached hydrogens (tertiary/aromatic N) is 2. The number of hydrogen-bond donors (Lipinski definition) is 2. The molecule has 0 saturated carbocycles. The van der Waals surface area contributed by atoms with Gasteiger partial charge in [0.25, 0.3) is 5.91 Å². The second-order valence-electron chi connectivity index (χ2n) is 6.70. The minimum absolute atomic E-state index is 0.0593. The highest BCUT2D eigenvalue weighted by Crippen LogP contribution is 2.25. The molecule has 1 amide bonds. The summed E-state index contributed by atoms with van der Waals surface area (Å²) in [5.74, 6) is -0.0593. The van der Waals surface area contributed by atoms with E-state index >= 15 is 0 Å². The van der Waals surface area contributed by atoms with Crippen LogP contribution < -0.4 is 0 Å². The van der Waals surface area contributed by atoms with E-state index < -0.39 is 5.60 Å². The Morgan fingerprint density at radius 1 is 1.48 bits per heavy atom. The average molecular weight is 343 g/mol. The van der Waals surface area contributed by atoms with Crippen LogP contribution in [0, 0.1) is 6.92 Å². The van der Waals surface area contributed by atoms with Crippen molar-refractivity contribution in [3.63, 3.8) is 0 Å².